The minimum absolute atomic E-state index is 0.187. The lowest BCUT2D eigenvalue weighted by Gasteiger charge is -2.18. The van der Waals surface area contributed by atoms with E-state index in [0.717, 1.165) is 38.6 Å². The van der Waals surface area contributed by atoms with Crippen molar-refractivity contribution in [1.82, 2.24) is 0 Å². The molecule has 0 radical (unpaired) electrons. The van der Waals surface area contributed by atoms with Gasteiger partial charge >= 0.3 is 0 Å². The maximum absolute atomic E-state index is 11.2. The highest BCUT2D eigenvalue weighted by atomic mass is 16.3. The topological polar surface area (TPSA) is 43.1 Å². The fourth-order valence-electron chi connectivity index (χ4n) is 3.73. The van der Waals surface area contributed by atoms with Crippen molar-refractivity contribution in [2.45, 2.75) is 19.8 Å². The number of fused-ring (bicyclic) bond motifs is 1. The van der Waals surface area contributed by atoms with Crippen LogP contribution in [0.2, 0.25) is 0 Å². The van der Waals surface area contributed by atoms with E-state index in [1.54, 1.807) is 6.07 Å². The van der Waals surface area contributed by atoms with Crippen molar-refractivity contribution in [2.24, 2.45) is 0 Å². The molecule has 0 aliphatic carbocycles. The molecule has 3 N–H and O–H groups in total. The van der Waals surface area contributed by atoms with Crippen LogP contribution in [-0.4, -0.2) is 10.2 Å². The summed E-state index contributed by atoms with van der Waals surface area (Å²) in [6.07, 6.45) is 0. The van der Waals surface area contributed by atoms with Gasteiger partial charge in [0, 0.05) is 11.6 Å². The van der Waals surface area contributed by atoms with Gasteiger partial charge in [0.1, 0.15) is 5.75 Å². The highest BCUT2D eigenvalue weighted by Crippen LogP contribution is 2.48. The Morgan fingerprint density at radius 1 is 0.778 bits per heavy atom. The molecule has 4 aromatic rings. The Morgan fingerprint density at radius 3 is 2.22 bits per heavy atom. The second kappa shape index (κ2) is 6.81. The molecule has 0 atom stereocenters. The van der Waals surface area contributed by atoms with Crippen molar-refractivity contribution in [3.8, 4) is 33.8 Å². The molecule has 0 fully saturated rings. The van der Waals surface area contributed by atoms with E-state index in [-0.39, 0.29) is 11.7 Å². The Morgan fingerprint density at radius 2 is 1.48 bits per heavy atom. The number of rotatable bonds is 3. The number of phenolic OH excluding ortho intramolecular Hbond substituents is 1. The summed E-state index contributed by atoms with van der Waals surface area (Å²) in [6.45, 7) is 4.16. The van der Waals surface area contributed by atoms with Gasteiger partial charge < -0.3 is 10.2 Å². The van der Waals surface area contributed by atoms with Gasteiger partial charge in [0.2, 0.25) is 0 Å². The summed E-state index contributed by atoms with van der Waals surface area (Å²) < 4.78 is 0. The van der Waals surface area contributed by atoms with E-state index in [1.807, 2.05) is 60.7 Å². The molecule has 0 amide bonds. The summed E-state index contributed by atoms with van der Waals surface area (Å²) in [5.41, 5.74) is 4.44. The lowest BCUT2D eigenvalue weighted by atomic mass is 9.86. The number of phenols is 1. The van der Waals surface area contributed by atoms with Gasteiger partial charge in [-0.25, -0.2) is 0 Å². The molecule has 0 saturated heterocycles. The van der Waals surface area contributed by atoms with E-state index >= 15 is 0 Å². The average Bonchev–Trinajstić information content (AvgIpc) is 2.68. The molecular formula is C25H23O2+. The zero-order chi connectivity index (χ0) is 19.0. The molecule has 4 rings (SSSR count). The summed E-state index contributed by atoms with van der Waals surface area (Å²) >= 11 is 0. The third-order valence-corrected chi connectivity index (χ3v) is 5.07. The predicted molar refractivity (Wildman–Crippen MR) is 114 cm³/mol. The van der Waals surface area contributed by atoms with E-state index in [1.165, 1.54) is 0 Å². The first kappa shape index (κ1) is 17.2. The van der Waals surface area contributed by atoms with Gasteiger partial charge in [0.25, 0.3) is 5.75 Å². The normalized spacial score (nSPS) is 11.2. The van der Waals surface area contributed by atoms with Crippen LogP contribution >= 0.6 is 0 Å². The maximum atomic E-state index is 11.2. The average molecular weight is 355 g/mol. The van der Waals surface area contributed by atoms with Crippen molar-refractivity contribution in [1.29, 1.82) is 0 Å². The molecule has 0 spiro atoms. The molecule has 0 unspecified atom stereocenters. The van der Waals surface area contributed by atoms with Crippen molar-refractivity contribution >= 4 is 10.8 Å². The van der Waals surface area contributed by atoms with Crippen LogP contribution in [0.25, 0.3) is 33.0 Å². The van der Waals surface area contributed by atoms with Gasteiger partial charge in [-0.15, -0.1) is 0 Å². The van der Waals surface area contributed by atoms with E-state index < -0.39 is 0 Å². The molecule has 134 valence electrons. The molecule has 4 aromatic carbocycles. The Kier molecular flexibility index (Phi) is 4.33. The lowest BCUT2D eigenvalue weighted by molar-refractivity contribution is 0.463. The van der Waals surface area contributed by atoms with Crippen LogP contribution in [0.3, 0.4) is 0 Å². The highest BCUT2D eigenvalue weighted by molar-refractivity contribution is 6.05. The second-order valence-corrected chi connectivity index (χ2v) is 7.16. The van der Waals surface area contributed by atoms with Gasteiger partial charge in [-0.1, -0.05) is 80.6 Å². The SMILES string of the molecule is CC(C)c1cc2ccccc2c(-c2c([OH2+])cccc2-c2ccccc2)c1O. The van der Waals surface area contributed by atoms with E-state index in [0.29, 0.717) is 5.75 Å². The minimum atomic E-state index is 0.187. The third kappa shape index (κ3) is 2.93. The van der Waals surface area contributed by atoms with Crippen LogP contribution in [0.4, 0.5) is 0 Å². The molecule has 0 aliphatic rings. The van der Waals surface area contributed by atoms with Crippen LogP contribution in [0, 0.1) is 0 Å². The van der Waals surface area contributed by atoms with Gasteiger partial charge in [0.05, 0.1) is 5.56 Å². The smallest absolute Gasteiger partial charge is 0.262 e. The Balaban J connectivity index is 2.14. The number of hydrogen-bond acceptors (Lipinski definition) is 1. The fraction of sp³-hybridized carbons (Fsp3) is 0.120. The summed E-state index contributed by atoms with van der Waals surface area (Å²) in [7, 11) is 0. The van der Waals surface area contributed by atoms with Crippen molar-refractivity contribution in [3.63, 3.8) is 0 Å². The summed E-state index contributed by atoms with van der Waals surface area (Å²) in [6, 6.07) is 25.9. The quantitative estimate of drug-likeness (QED) is 0.422. The van der Waals surface area contributed by atoms with Gasteiger partial charge in [0.15, 0.2) is 0 Å². The van der Waals surface area contributed by atoms with Gasteiger partial charge in [-0.3, -0.25) is 0 Å². The number of aromatic hydroxyl groups is 1. The largest absolute Gasteiger partial charge is 0.593 e. The van der Waals surface area contributed by atoms with Crippen LogP contribution in [0.15, 0.2) is 78.9 Å². The standard InChI is InChI=1S/C25H22O2/c1-16(2)21-15-18-11-6-7-12-20(18)24(25(21)27)23-19(13-8-14-22(23)26)17-9-4-3-5-10-17/h3-16,26-27H,1-2H3/p+1. The van der Waals surface area contributed by atoms with Crippen LogP contribution in [0.5, 0.6) is 11.5 Å². The van der Waals surface area contributed by atoms with Crippen LogP contribution in [0.1, 0.15) is 25.3 Å². The first-order chi connectivity index (χ1) is 13.1. The molecule has 0 heterocycles. The summed E-state index contributed by atoms with van der Waals surface area (Å²) in [5.74, 6) is 0.879. The third-order valence-electron chi connectivity index (χ3n) is 5.07. The molecule has 27 heavy (non-hydrogen) atoms. The first-order valence-corrected chi connectivity index (χ1v) is 9.23. The Hall–Kier alpha value is -3.26. The molecule has 0 saturated carbocycles. The number of benzene rings is 4. The van der Waals surface area contributed by atoms with Crippen molar-refractivity contribution < 1.29 is 10.2 Å². The summed E-state index contributed by atoms with van der Waals surface area (Å²) in [5, 5.41) is 21.9. The van der Waals surface area contributed by atoms with Crippen molar-refractivity contribution in [2.75, 3.05) is 0 Å². The van der Waals surface area contributed by atoms with E-state index in [2.05, 4.69) is 26.0 Å². The molecule has 0 bridgehead atoms. The fourth-order valence-corrected chi connectivity index (χ4v) is 3.73. The number of hydrogen-bond donors (Lipinski definition) is 1. The van der Waals surface area contributed by atoms with E-state index in [9.17, 15) is 5.11 Å². The van der Waals surface area contributed by atoms with Gasteiger partial charge in [-0.2, -0.15) is 0 Å². The first-order valence-electron chi connectivity index (χ1n) is 9.23. The maximum Gasteiger partial charge on any atom is 0.262 e. The monoisotopic (exact) mass is 355 g/mol. The summed E-state index contributed by atoms with van der Waals surface area (Å²) in [4.78, 5) is 0. The minimum Gasteiger partial charge on any atom is -0.593 e. The Bertz CT molecular complexity index is 1110. The lowest BCUT2D eigenvalue weighted by Crippen LogP contribution is -1.94. The zero-order valence-electron chi connectivity index (χ0n) is 15.5. The molecule has 2 heteroatoms. The highest BCUT2D eigenvalue weighted by Gasteiger charge is 2.23. The van der Waals surface area contributed by atoms with E-state index in [4.69, 9.17) is 5.11 Å². The second-order valence-electron chi connectivity index (χ2n) is 7.16. The molecule has 0 aliphatic heterocycles. The van der Waals surface area contributed by atoms with Crippen molar-refractivity contribution in [3.05, 3.63) is 84.4 Å². The van der Waals surface area contributed by atoms with Crippen LogP contribution in [-0.2, 0) is 0 Å². The zero-order valence-corrected chi connectivity index (χ0v) is 15.5. The molecule has 0 aromatic heterocycles. The Labute approximate surface area is 159 Å². The van der Waals surface area contributed by atoms with Gasteiger partial charge in [-0.05, 0) is 39.4 Å². The molecule has 2 nitrogen and oxygen atoms in total. The van der Waals surface area contributed by atoms with Crippen LogP contribution < -0.4 is 0 Å². The molecular weight excluding hydrogens is 332 g/mol. The predicted octanol–water partition coefficient (Wildman–Crippen LogP) is 6.44.